The van der Waals surface area contributed by atoms with E-state index in [1.54, 1.807) is 12.1 Å². The lowest BCUT2D eigenvalue weighted by Gasteiger charge is -2.13. The maximum Gasteiger partial charge on any atom is 0.416 e. The lowest BCUT2D eigenvalue weighted by molar-refractivity contribution is -0.137. The van der Waals surface area contributed by atoms with Crippen LogP contribution in [0.3, 0.4) is 0 Å². The second kappa shape index (κ2) is 6.95. The highest BCUT2D eigenvalue weighted by Crippen LogP contribution is 2.37. The van der Waals surface area contributed by atoms with Gasteiger partial charge >= 0.3 is 6.18 Å². The predicted molar refractivity (Wildman–Crippen MR) is 108 cm³/mol. The summed E-state index contributed by atoms with van der Waals surface area (Å²) in [6.45, 7) is 2.44. The normalized spacial score (nSPS) is 12.0. The van der Waals surface area contributed by atoms with Gasteiger partial charge in [0.05, 0.1) is 16.6 Å². The summed E-state index contributed by atoms with van der Waals surface area (Å²) in [5.74, 6) is -0.608. The molecule has 0 unspecified atom stereocenters. The second-order valence-electron chi connectivity index (χ2n) is 7.00. The summed E-state index contributed by atoms with van der Waals surface area (Å²) in [6, 6.07) is 16.6. The molecule has 0 saturated heterocycles. The number of alkyl halides is 3. The lowest BCUT2D eigenvalue weighted by Crippen LogP contribution is -2.11. The molecule has 0 bridgehead atoms. The molecule has 0 radical (unpaired) electrons. The van der Waals surface area contributed by atoms with Crippen molar-refractivity contribution in [1.82, 2.24) is 4.57 Å². The van der Waals surface area contributed by atoms with Crippen LogP contribution in [0.1, 0.15) is 34.0 Å². The minimum Gasteiger partial charge on any atom is -0.366 e. The molecule has 3 nitrogen and oxygen atoms in total. The van der Waals surface area contributed by atoms with Gasteiger partial charge in [0.1, 0.15) is 0 Å². The molecule has 0 atom stereocenters. The molecule has 0 spiro atoms. The Hall–Kier alpha value is -3.28. The van der Waals surface area contributed by atoms with Crippen LogP contribution in [0.2, 0.25) is 0 Å². The number of carbonyl (C=O) groups is 1. The van der Waals surface area contributed by atoms with Crippen LogP contribution < -0.4 is 5.73 Å². The van der Waals surface area contributed by atoms with Crippen molar-refractivity contribution in [1.29, 1.82) is 0 Å². The molecular formula is C23H19F3N2O. The fourth-order valence-corrected chi connectivity index (χ4v) is 3.92. The van der Waals surface area contributed by atoms with Gasteiger partial charge in [0.25, 0.3) is 0 Å². The molecule has 4 rings (SSSR count). The van der Waals surface area contributed by atoms with Crippen LogP contribution in [0.5, 0.6) is 0 Å². The van der Waals surface area contributed by atoms with Crippen LogP contribution in [0.4, 0.5) is 13.2 Å². The minimum absolute atomic E-state index is 0.301. The molecule has 0 saturated carbocycles. The fraction of sp³-hybridized carbons (Fsp3) is 0.174. The van der Waals surface area contributed by atoms with Gasteiger partial charge in [-0.2, -0.15) is 13.2 Å². The van der Waals surface area contributed by atoms with Crippen molar-refractivity contribution in [2.45, 2.75) is 26.1 Å². The zero-order valence-corrected chi connectivity index (χ0v) is 15.8. The molecule has 1 aromatic heterocycles. The molecule has 2 N–H and O–H groups in total. The number of halogens is 3. The number of amides is 1. The molecule has 29 heavy (non-hydrogen) atoms. The van der Waals surface area contributed by atoms with Crippen LogP contribution in [0.25, 0.3) is 21.8 Å². The molecule has 1 amide bonds. The Bertz CT molecular complexity index is 1240. The predicted octanol–water partition coefficient (Wildman–Crippen LogP) is 5.52. The number of nitrogens with zero attached hydrogens (tertiary/aromatic N) is 1. The Morgan fingerprint density at radius 1 is 0.966 bits per heavy atom. The smallest absolute Gasteiger partial charge is 0.366 e. The first kappa shape index (κ1) is 19.1. The first-order valence-corrected chi connectivity index (χ1v) is 9.30. The number of hydrogen-bond acceptors (Lipinski definition) is 1. The van der Waals surface area contributed by atoms with Gasteiger partial charge in [0.2, 0.25) is 5.91 Å². The van der Waals surface area contributed by atoms with Crippen molar-refractivity contribution in [3.8, 4) is 0 Å². The summed E-state index contributed by atoms with van der Waals surface area (Å²) in [5.41, 5.74) is 8.38. The van der Waals surface area contributed by atoms with Crippen LogP contribution in [0.15, 0.2) is 60.7 Å². The SMILES string of the molecule is CCc1ccccc1Cn1c2cc(C(F)(F)F)ccc2c2c(C(N)=O)cccc21. The zero-order chi connectivity index (χ0) is 20.8. The van der Waals surface area contributed by atoms with Gasteiger partial charge in [0, 0.05) is 22.9 Å². The largest absolute Gasteiger partial charge is 0.416 e. The van der Waals surface area contributed by atoms with E-state index in [2.05, 4.69) is 0 Å². The zero-order valence-electron chi connectivity index (χ0n) is 15.8. The van der Waals surface area contributed by atoms with Gasteiger partial charge < -0.3 is 10.3 Å². The third kappa shape index (κ3) is 3.24. The van der Waals surface area contributed by atoms with E-state index in [9.17, 15) is 18.0 Å². The average molecular weight is 396 g/mol. The summed E-state index contributed by atoms with van der Waals surface area (Å²) in [6.07, 6.45) is -3.64. The van der Waals surface area contributed by atoms with Gasteiger partial charge in [-0.15, -0.1) is 0 Å². The van der Waals surface area contributed by atoms with E-state index in [0.29, 0.717) is 33.9 Å². The van der Waals surface area contributed by atoms with Crippen molar-refractivity contribution in [2.75, 3.05) is 0 Å². The average Bonchev–Trinajstić information content (AvgIpc) is 3.01. The Kier molecular flexibility index (Phi) is 4.57. The van der Waals surface area contributed by atoms with E-state index in [0.717, 1.165) is 29.7 Å². The van der Waals surface area contributed by atoms with Gasteiger partial charge in [-0.3, -0.25) is 4.79 Å². The number of carbonyl (C=O) groups excluding carboxylic acids is 1. The molecule has 0 aliphatic heterocycles. The number of rotatable bonds is 4. The van der Waals surface area contributed by atoms with Gasteiger partial charge in [-0.25, -0.2) is 0 Å². The second-order valence-corrected chi connectivity index (χ2v) is 7.00. The van der Waals surface area contributed by atoms with Crippen molar-refractivity contribution < 1.29 is 18.0 Å². The number of hydrogen-bond donors (Lipinski definition) is 1. The molecule has 1 heterocycles. The Balaban J connectivity index is 2.06. The van der Waals surface area contributed by atoms with Crippen molar-refractivity contribution in [2.24, 2.45) is 5.73 Å². The highest BCUT2D eigenvalue weighted by molar-refractivity contribution is 6.18. The molecule has 0 aliphatic rings. The monoisotopic (exact) mass is 396 g/mol. The first-order chi connectivity index (χ1) is 13.8. The van der Waals surface area contributed by atoms with Crippen molar-refractivity contribution in [3.05, 3.63) is 82.9 Å². The van der Waals surface area contributed by atoms with Crippen LogP contribution in [-0.4, -0.2) is 10.5 Å². The van der Waals surface area contributed by atoms with E-state index in [-0.39, 0.29) is 0 Å². The Morgan fingerprint density at radius 2 is 1.69 bits per heavy atom. The van der Waals surface area contributed by atoms with Gasteiger partial charge in [0.15, 0.2) is 0 Å². The third-order valence-corrected chi connectivity index (χ3v) is 5.31. The quantitative estimate of drug-likeness (QED) is 0.485. The molecule has 148 valence electrons. The molecule has 4 aromatic rings. The highest BCUT2D eigenvalue weighted by atomic mass is 19.4. The number of aromatic nitrogens is 1. The fourth-order valence-electron chi connectivity index (χ4n) is 3.92. The van der Waals surface area contributed by atoms with Crippen LogP contribution in [0, 0.1) is 0 Å². The summed E-state index contributed by atoms with van der Waals surface area (Å²) < 4.78 is 42.0. The first-order valence-electron chi connectivity index (χ1n) is 9.30. The molecule has 3 aromatic carbocycles. The van der Waals surface area contributed by atoms with E-state index in [1.807, 2.05) is 41.8 Å². The van der Waals surface area contributed by atoms with Gasteiger partial charge in [-0.1, -0.05) is 43.3 Å². The summed E-state index contributed by atoms with van der Waals surface area (Å²) in [5, 5.41) is 1.16. The van der Waals surface area contributed by atoms with E-state index < -0.39 is 17.6 Å². The van der Waals surface area contributed by atoms with Crippen molar-refractivity contribution >= 4 is 27.7 Å². The highest BCUT2D eigenvalue weighted by Gasteiger charge is 2.31. The topological polar surface area (TPSA) is 48.0 Å². The number of benzene rings is 3. The lowest BCUT2D eigenvalue weighted by atomic mass is 10.0. The number of fused-ring (bicyclic) bond motifs is 3. The van der Waals surface area contributed by atoms with Crippen LogP contribution >= 0.6 is 0 Å². The minimum atomic E-state index is -4.46. The number of primary amides is 1. The molecular weight excluding hydrogens is 377 g/mol. The van der Waals surface area contributed by atoms with E-state index >= 15 is 0 Å². The Labute approximate surface area is 165 Å². The van der Waals surface area contributed by atoms with Crippen molar-refractivity contribution in [3.63, 3.8) is 0 Å². The summed E-state index contributed by atoms with van der Waals surface area (Å²) >= 11 is 0. The Morgan fingerprint density at radius 3 is 2.34 bits per heavy atom. The maximum absolute atomic E-state index is 13.4. The van der Waals surface area contributed by atoms with E-state index in [1.165, 1.54) is 6.07 Å². The summed E-state index contributed by atoms with van der Waals surface area (Å²) in [4.78, 5) is 12.0. The number of nitrogens with two attached hydrogens (primary N) is 1. The van der Waals surface area contributed by atoms with E-state index in [4.69, 9.17) is 5.73 Å². The molecule has 0 fully saturated rings. The summed E-state index contributed by atoms with van der Waals surface area (Å²) in [7, 11) is 0. The number of aryl methyl sites for hydroxylation is 1. The maximum atomic E-state index is 13.4. The van der Waals surface area contributed by atoms with Crippen LogP contribution in [-0.2, 0) is 19.1 Å². The van der Waals surface area contributed by atoms with Gasteiger partial charge in [-0.05, 0) is 41.8 Å². The third-order valence-electron chi connectivity index (χ3n) is 5.31. The standard InChI is InChI=1S/C23H19F3N2O/c1-2-14-6-3-4-7-15(14)13-28-19-9-5-8-18(22(27)29)21(19)17-11-10-16(12-20(17)28)23(24,25)26/h3-12H,2,13H2,1H3,(H2,27,29). The molecule has 0 aliphatic carbocycles. The molecule has 6 heteroatoms.